The van der Waals surface area contributed by atoms with Crippen LogP contribution in [0.3, 0.4) is 0 Å². The van der Waals surface area contributed by atoms with Crippen molar-refractivity contribution in [2.24, 2.45) is 5.92 Å². The van der Waals surface area contributed by atoms with Crippen LogP contribution in [0.5, 0.6) is 0 Å². The highest BCUT2D eigenvalue weighted by Crippen LogP contribution is 2.44. The number of ether oxygens (including phenoxy) is 6. The lowest BCUT2D eigenvalue weighted by atomic mass is 9.95. The number of aldehydes is 1. The first-order valence-corrected chi connectivity index (χ1v) is 38.0. The lowest BCUT2D eigenvalue weighted by molar-refractivity contribution is -0.300. The zero-order valence-corrected chi connectivity index (χ0v) is 57.3. The highest BCUT2D eigenvalue weighted by Gasteiger charge is 2.53. The number of ketones is 1. The van der Waals surface area contributed by atoms with Gasteiger partial charge in [0.15, 0.2) is 12.6 Å². The van der Waals surface area contributed by atoms with E-state index in [1.54, 1.807) is 0 Å². The van der Waals surface area contributed by atoms with Crippen LogP contribution in [0.1, 0.15) is 285 Å². The van der Waals surface area contributed by atoms with Gasteiger partial charge in [0.05, 0.1) is 19.6 Å². The molecule has 2 rings (SSSR count). The van der Waals surface area contributed by atoms with E-state index >= 15 is 0 Å². The zero-order chi connectivity index (χ0) is 65.4. The van der Waals surface area contributed by atoms with Crippen molar-refractivity contribution >= 4 is 39.5 Å². The van der Waals surface area contributed by atoms with Gasteiger partial charge in [0, 0.05) is 39.1 Å². The van der Waals surface area contributed by atoms with Crippen LogP contribution in [0.4, 0.5) is 0 Å². The minimum Gasteiger partial charge on any atom is -0.388 e. The summed E-state index contributed by atoms with van der Waals surface area (Å²) < 4.78 is 73.2. The Bertz CT molecular complexity index is 1930. The van der Waals surface area contributed by atoms with Crippen LogP contribution >= 0.6 is 15.6 Å². The Morgan fingerprint density at radius 3 is 1.46 bits per heavy atom. The van der Waals surface area contributed by atoms with Gasteiger partial charge in [0.2, 0.25) is 11.8 Å². The molecule has 2 aliphatic rings. The van der Waals surface area contributed by atoms with E-state index in [0.717, 1.165) is 160 Å². The van der Waals surface area contributed by atoms with Crippen molar-refractivity contribution in [1.29, 1.82) is 0 Å². The van der Waals surface area contributed by atoms with E-state index in [1.807, 2.05) is 0 Å². The molecule has 0 bridgehead atoms. The number of phosphoric acid groups is 2. The summed E-state index contributed by atoms with van der Waals surface area (Å²) in [6, 6.07) is -2.90. The highest BCUT2D eigenvalue weighted by molar-refractivity contribution is 7.46. The molecule has 0 aliphatic carbocycles. The molecule has 2 heterocycles. The fourth-order valence-corrected chi connectivity index (χ4v) is 12.7. The molecule has 11 unspecified atom stereocenters. The standard InChI is InChI=1S/C66H124N2O19P2/c1-6-10-14-18-21-24-25-26-27-28-29-31-33-37-41-45-57(71)67-60-64(82-48-46-53(50-69)43-39-35-17-13-9-4)62(86-88(74,75)76)56(51-80-5)85-65(60)83-52-55-61(73)63(81-47-42-38-34-23-20-16-12-8-3)59(66(84-55)87-89(77,78)79)68-58(72)49-54(70)44-40-36-32-30-22-19-15-11-7-2/h24-25,50,53,55-56,59-66,73H,6-23,26-49,51-52H2,1-5H3,(H,67,71)(H,68,72)(H2,74,75,76)(H2,77,78,79)/b25-24-. The number of allylic oxidation sites excluding steroid dienone is 2. The van der Waals surface area contributed by atoms with Gasteiger partial charge in [-0.3, -0.25) is 23.4 Å². The molecule has 7 N–H and O–H groups in total. The molecule has 2 amide bonds. The zero-order valence-electron chi connectivity index (χ0n) is 55.5. The molecule has 0 aromatic rings. The summed E-state index contributed by atoms with van der Waals surface area (Å²) in [7, 11) is -9.37. The molecule has 522 valence electrons. The van der Waals surface area contributed by atoms with Crippen LogP contribution in [0, 0.1) is 5.92 Å². The van der Waals surface area contributed by atoms with Gasteiger partial charge in [-0.25, -0.2) is 9.13 Å². The SMILES string of the molecule is CCCCCC/C=C\CCCCCCCCCC(=O)NC1C(OCC2OC(OP(=O)(O)O)C(NC(=O)CC(=O)CCCCCCCCCCC)C(OCCCCCCCCCC)C2O)OC(COC)C(OP(=O)(O)O)C1OCCC(C=O)CCCCCCC. The molecule has 2 fully saturated rings. The number of unbranched alkanes of at least 4 members (excludes halogenated alkanes) is 30. The predicted octanol–water partition coefficient (Wildman–Crippen LogP) is 13.4. The number of amides is 2. The second kappa shape index (κ2) is 52.3. The first kappa shape index (κ1) is 83.1. The number of Topliss-reactive ketones (excluding diaryl/α,β-unsaturated/α-hetero) is 1. The molecular formula is C66H124N2O19P2. The van der Waals surface area contributed by atoms with E-state index in [9.17, 15) is 53.0 Å². The maximum Gasteiger partial charge on any atom is 0.472 e. The topological polar surface area (TPSA) is 301 Å². The summed E-state index contributed by atoms with van der Waals surface area (Å²) in [5.74, 6) is -1.97. The van der Waals surface area contributed by atoms with Crippen LogP contribution in [-0.4, -0.2) is 143 Å². The molecular weight excluding hydrogens is 1190 g/mol. The summed E-state index contributed by atoms with van der Waals surface area (Å²) >= 11 is 0. The molecule has 0 radical (unpaired) electrons. The van der Waals surface area contributed by atoms with Crippen molar-refractivity contribution in [3.63, 3.8) is 0 Å². The molecule has 0 spiro atoms. The van der Waals surface area contributed by atoms with E-state index in [2.05, 4.69) is 50.5 Å². The van der Waals surface area contributed by atoms with Crippen LogP contribution in [0.25, 0.3) is 0 Å². The van der Waals surface area contributed by atoms with Gasteiger partial charge in [0.25, 0.3) is 0 Å². The number of phosphoric ester groups is 2. The number of rotatable bonds is 59. The van der Waals surface area contributed by atoms with Gasteiger partial charge in [-0.1, -0.05) is 220 Å². The number of methoxy groups -OCH3 is 1. The van der Waals surface area contributed by atoms with Crippen LogP contribution in [0.2, 0.25) is 0 Å². The number of aliphatic hydroxyl groups is 1. The van der Waals surface area contributed by atoms with Gasteiger partial charge in [-0.15, -0.1) is 0 Å². The van der Waals surface area contributed by atoms with E-state index in [0.29, 0.717) is 25.7 Å². The summed E-state index contributed by atoms with van der Waals surface area (Å²) in [5.41, 5.74) is 0. The Morgan fingerprint density at radius 1 is 0.483 bits per heavy atom. The van der Waals surface area contributed by atoms with E-state index < -0.39 is 108 Å². The van der Waals surface area contributed by atoms with Gasteiger partial charge in [0.1, 0.15) is 60.8 Å². The number of carbonyl (C=O) groups excluding carboxylic acids is 4. The second-order valence-corrected chi connectivity index (χ2v) is 27.3. The first-order chi connectivity index (χ1) is 42.9. The minimum atomic E-state index is -5.41. The largest absolute Gasteiger partial charge is 0.472 e. The third-order valence-electron chi connectivity index (χ3n) is 16.8. The summed E-state index contributed by atoms with van der Waals surface area (Å²) in [6.07, 6.45) is 29.4. The monoisotopic (exact) mass is 1310 g/mol. The first-order valence-electron chi connectivity index (χ1n) is 34.9. The minimum absolute atomic E-state index is 0.0658. The predicted molar refractivity (Wildman–Crippen MR) is 346 cm³/mol. The lowest BCUT2D eigenvalue weighted by Crippen LogP contribution is -2.67. The average molecular weight is 1310 g/mol. The molecule has 0 aromatic heterocycles. The quantitative estimate of drug-likeness (QED) is 0.00978. The van der Waals surface area contributed by atoms with Gasteiger partial charge >= 0.3 is 15.6 Å². The van der Waals surface area contributed by atoms with Crippen molar-refractivity contribution in [3.8, 4) is 0 Å². The molecule has 89 heavy (non-hydrogen) atoms. The molecule has 0 aromatic carbocycles. The summed E-state index contributed by atoms with van der Waals surface area (Å²) in [5, 5.41) is 17.8. The maximum absolute atomic E-state index is 14.1. The summed E-state index contributed by atoms with van der Waals surface area (Å²) in [6.45, 7) is 7.69. The number of carbonyl (C=O) groups is 4. The average Bonchev–Trinajstić information content (AvgIpc) is 1.50. The Morgan fingerprint density at radius 2 is 0.933 bits per heavy atom. The Labute approximate surface area is 535 Å². The van der Waals surface area contributed by atoms with Crippen LogP contribution < -0.4 is 10.6 Å². The fraction of sp³-hybridized carbons (Fsp3) is 0.909. The molecule has 21 nitrogen and oxygen atoms in total. The smallest absolute Gasteiger partial charge is 0.388 e. The number of hydrogen-bond donors (Lipinski definition) is 7. The van der Waals surface area contributed by atoms with E-state index in [4.69, 9.17) is 37.5 Å². The van der Waals surface area contributed by atoms with E-state index in [-0.39, 0.29) is 44.9 Å². The van der Waals surface area contributed by atoms with Crippen molar-refractivity contribution in [2.45, 2.75) is 346 Å². The van der Waals surface area contributed by atoms with Crippen LogP contribution in [0.15, 0.2) is 12.2 Å². The third-order valence-corrected chi connectivity index (χ3v) is 17.8. The number of nitrogens with one attached hydrogen (secondary N) is 2. The second-order valence-electron chi connectivity index (χ2n) is 24.9. The molecule has 11 atom stereocenters. The highest BCUT2D eigenvalue weighted by atomic mass is 31.2. The third kappa shape index (κ3) is 40.7. The Balaban J connectivity index is 2.45. The Kier molecular flexibility index (Phi) is 48.8. The van der Waals surface area contributed by atoms with Crippen LogP contribution in [-0.2, 0) is 65.8 Å². The van der Waals surface area contributed by atoms with Crippen molar-refractivity contribution < 1.29 is 90.5 Å². The number of hydrogen-bond acceptors (Lipinski definition) is 15. The summed E-state index contributed by atoms with van der Waals surface area (Å²) in [4.78, 5) is 94.4. The van der Waals surface area contributed by atoms with E-state index in [1.165, 1.54) is 58.5 Å². The lowest BCUT2D eigenvalue weighted by Gasteiger charge is -2.47. The van der Waals surface area contributed by atoms with Gasteiger partial charge < -0.3 is 68.5 Å². The number of aliphatic hydroxyl groups excluding tert-OH is 1. The maximum atomic E-state index is 14.1. The van der Waals surface area contributed by atoms with Crippen molar-refractivity contribution in [3.05, 3.63) is 12.2 Å². The van der Waals surface area contributed by atoms with Gasteiger partial charge in [-0.05, 0) is 57.8 Å². The normalized spacial score (nSPS) is 22.8. The van der Waals surface area contributed by atoms with Crippen molar-refractivity contribution in [1.82, 2.24) is 10.6 Å². The molecule has 2 aliphatic heterocycles. The van der Waals surface area contributed by atoms with Gasteiger partial charge in [-0.2, -0.15) is 0 Å². The molecule has 23 heteroatoms. The Hall–Kier alpha value is -2.04. The molecule has 0 saturated carbocycles. The van der Waals surface area contributed by atoms with Crippen molar-refractivity contribution in [2.75, 3.05) is 33.5 Å². The fourth-order valence-electron chi connectivity index (χ4n) is 11.7. The molecule has 2 saturated heterocycles.